The Labute approximate surface area is 310 Å². The quantitative estimate of drug-likeness (QED) is 0.150. The Balaban J connectivity index is 1.45. The van der Waals surface area contributed by atoms with E-state index in [1.54, 1.807) is 0 Å². The van der Waals surface area contributed by atoms with Crippen LogP contribution in [0.5, 0.6) is 0 Å². The Morgan fingerprint density at radius 1 is 0.208 bits per heavy atom. The summed E-state index contributed by atoms with van der Waals surface area (Å²) < 4.78 is 0. The van der Waals surface area contributed by atoms with Gasteiger partial charge in [0.25, 0.3) is 0 Å². The standard InChI is InChI=1S/C50H37N3/c1-5-24-40(25-6-1)51(41-26-7-2-8-27-41)48-36-19-37-49(52(42-28-9-3-10-29-42)46-34-17-22-38-20-13-15-32-44(38)46)50(48)53(43-30-11-4-12-31-43)47-35-18-23-39-21-14-16-33-45(39)47/h1-37H. The van der Waals surface area contributed by atoms with Crippen molar-refractivity contribution in [2.45, 2.75) is 0 Å². The van der Waals surface area contributed by atoms with Crippen molar-refractivity contribution in [2.75, 3.05) is 14.7 Å². The number of benzene rings is 9. The van der Waals surface area contributed by atoms with Crippen molar-refractivity contribution >= 4 is 72.7 Å². The molecule has 0 N–H and O–H groups in total. The van der Waals surface area contributed by atoms with Gasteiger partial charge in [-0.15, -0.1) is 0 Å². The van der Waals surface area contributed by atoms with Crippen molar-refractivity contribution in [1.82, 2.24) is 0 Å². The van der Waals surface area contributed by atoms with E-state index in [0.29, 0.717) is 0 Å². The molecule has 0 unspecified atom stereocenters. The molecule has 0 fully saturated rings. The Kier molecular flexibility index (Phi) is 8.57. The summed E-state index contributed by atoms with van der Waals surface area (Å²) in [5.74, 6) is 0. The summed E-state index contributed by atoms with van der Waals surface area (Å²) in [5, 5.41) is 4.71. The number of nitrogens with zero attached hydrogens (tertiary/aromatic N) is 3. The van der Waals surface area contributed by atoms with Gasteiger partial charge in [-0.05, 0) is 83.6 Å². The molecule has 9 aromatic rings. The van der Waals surface area contributed by atoms with Crippen LogP contribution in [0.4, 0.5) is 51.2 Å². The first-order valence-corrected chi connectivity index (χ1v) is 18.0. The number of fused-ring (bicyclic) bond motifs is 2. The largest absolute Gasteiger partial charge is 0.308 e. The first kappa shape index (κ1) is 31.9. The fraction of sp³-hybridized carbons (Fsp3) is 0. The third kappa shape index (κ3) is 6.05. The highest BCUT2D eigenvalue weighted by molar-refractivity contribution is 6.08. The van der Waals surface area contributed by atoms with Crippen LogP contribution in [-0.4, -0.2) is 0 Å². The van der Waals surface area contributed by atoms with E-state index in [4.69, 9.17) is 0 Å². The summed E-state index contributed by atoms with van der Waals surface area (Å²) in [6.45, 7) is 0. The number of hydrogen-bond acceptors (Lipinski definition) is 3. The molecule has 0 atom stereocenters. The zero-order valence-electron chi connectivity index (χ0n) is 29.2. The monoisotopic (exact) mass is 679 g/mol. The average molecular weight is 680 g/mol. The predicted octanol–water partition coefficient (Wildman–Crippen LogP) is 14.4. The molecule has 0 aliphatic rings. The Hall–Kier alpha value is -7.10. The molecule has 252 valence electrons. The zero-order valence-corrected chi connectivity index (χ0v) is 29.2. The molecule has 0 aromatic heterocycles. The van der Waals surface area contributed by atoms with Gasteiger partial charge in [0.2, 0.25) is 0 Å². The third-order valence-corrected chi connectivity index (χ3v) is 9.77. The van der Waals surface area contributed by atoms with Crippen molar-refractivity contribution in [3.8, 4) is 0 Å². The molecule has 0 spiro atoms. The molecular weight excluding hydrogens is 643 g/mol. The molecule has 0 heterocycles. The third-order valence-electron chi connectivity index (χ3n) is 9.77. The molecule has 0 aliphatic heterocycles. The van der Waals surface area contributed by atoms with Crippen LogP contribution in [0.3, 0.4) is 0 Å². The van der Waals surface area contributed by atoms with Crippen LogP contribution >= 0.6 is 0 Å². The highest BCUT2D eigenvalue weighted by Crippen LogP contribution is 2.54. The maximum absolute atomic E-state index is 2.45. The second-order valence-corrected chi connectivity index (χ2v) is 13.0. The van der Waals surface area contributed by atoms with Gasteiger partial charge < -0.3 is 14.7 Å². The van der Waals surface area contributed by atoms with Gasteiger partial charge in [-0.3, -0.25) is 0 Å². The molecule has 0 aliphatic carbocycles. The highest BCUT2D eigenvalue weighted by Gasteiger charge is 2.29. The van der Waals surface area contributed by atoms with Gasteiger partial charge in [-0.1, -0.05) is 152 Å². The SMILES string of the molecule is c1ccc(N(c2ccccc2)c2cccc(N(c3ccccc3)c3cccc4ccccc34)c2N(c2ccccc2)c2cccc3ccccc23)cc1. The lowest BCUT2D eigenvalue weighted by atomic mass is 10.0. The Bertz CT molecular complexity index is 2570. The van der Waals surface area contributed by atoms with E-state index in [1.807, 2.05) is 0 Å². The van der Waals surface area contributed by atoms with Gasteiger partial charge in [-0.2, -0.15) is 0 Å². The fourth-order valence-electron chi connectivity index (χ4n) is 7.45. The van der Waals surface area contributed by atoms with Crippen molar-refractivity contribution < 1.29 is 0 Å². The molecule has 53 heavy (non-hydrogen) atoms. The van der Waals surface area contributed by atoms with Gasteiger partial charge in [0.05, 0.1) is 28.4 Å². The van der Waals surface area contributed by atoms with Gasteiger partial charge in [0.15, 0.2) is 0 Å². The molecule has 3 heteroatoms. The summed E-state index contributed by atoms with van der Waals surface area (Å²) in [6.07, 6.45) is 0. The fourth-order valence-corrected chi connectivity index (χ4v) is 7.45. The van der Waals surface area contributed by atoms with Crippen LogP contribution in [0, 0.1) is 0 Å². The van der Waals surface area contributed by atoms with Crippen molar-refractivity contribution in [2.24, 2.45) is 0 Å². The summed E-state index contributed by atoms with van der Waals surface area (Å²) in [5.41, 5.74) is 9.58. The van der Waals surface area contributed by atoms with E-state index >= 15 is 0 Å². The summed E-state index contributed by atoms with van der Waals surface area (Å²) >= 11 is 0. The Morgan fingerprint density at radius 2 is 0.509 bits per heavy atom. The van der Waals surface area contributed by atoms with Crippen molar-refractivity contribution in [3.63, 3.8) is 0 Å². The lowest BCUT2D eigenvalue weighted by Crippen LogP contribution is -2.21. The second kappa shape index (κ2) is 14.3. The smallest absolute Gasteiger partial charge is 0.0946 e. The van der Waals surface area contributed by atoms with Gasteiger partial charge in [0, 0.05) is 33.5 Å². The minimum atomic E-state index is 1.04. The first-order chi connectivity index (χ1) is 26.3. The molecule has 9 aromatic carbocycles. The van der Waals surface area contributed by atoms with E-state index in [2.05, 4.69) is 239 Å². The van der Waals surface area contributed by atoms with E-state index in [1.165, 1.54) is 21.5 Å². The van der Waals surface area contributed by atoms with E-state index in [-0.39, 0.29) is 0 Å². The number of anilines is 9. The summed E-state index contributed by atoms with van der Waals surface area (Å²) in [4.78, 5) is 7.26. The molecule has 0 saturated heterocycles. The lowest BCUT2D eigenvalue weighted by molar-refractivity contribution is 1.20. The van der Waals surface area contributed by atoms with Crippen LogP contribution in [0.15, 0.2) is 224 Å². The van der Waals surface area contributed by atoms with Crippen LogP contribution in [-0.2, 0) is 0 Å². The normalized spacial score (nSPS) is 11.0. The Morgan fingerprint density at radius 3 is 0.981 bits per heavy atom. The molecular formula is C50H37N3. The van der Waals surface area contributed by atoms with Gasteiger partial charge >= 0.3 is 0 Å². The minimum Gasteiger partial charge on any atom is -0.308 e. The van der Waals surface area contributed by atoms with Gasteiger partial charge in [0.1, 0.15) is 0 Å². The van der Waals surface area contributed by atoms with Crippen LogP contribution < -0.4 is 14.7 Å². The van der Waals surface area contributed by atoms with Crippen LogP contribution in [0.2, 0.25) is 0 Å². The summed E-state index contributed by atoms with van der Waals surface area (Å²) in [6, 6.07) is 80.1. The maximum Gasteiger partial charge on any atom is 0.0946 e. The molecule has 0 amide bonds. The van der Waals surface area contributed by atoms with Crippen LogP contribution in [0.1, 0.15) is 0 Å². The molecule has 0 bridgehead atoms. The van der Waals surface area contributed by atoms with Crippen molar-refractivity contribution in [3.05, 3.63) is 224 Å². The maximum atomic E-state index is 2.45. The highest BCUT2D eigenvalue weighted by atomic mass is 15.3. The minimum absolute atomic E-state index is 1.04. The zero-order chi connectivity index (χ0) is 35.4. The molecule has 9 rings (SSSR count). The summed E-state index contributed by atoms with van der Waals surface area (Å²) in [7, 11) is 0. The van der Waals surface area contributed by atoms with Gasteiger partial charge in [-0.25, -0.2) is 0 Å². The van der Waals surface area contributed by atoms with E-state index in [9.17, 15) is 0 Å². The molecule has 0 saturated carbocycles. The van der Waals surface area contributed by atoms with Crippen molar-refractivity contribution in [1.29, 1.82) is 0 Å². The first-order valence-electron chi connectivity index (χ1n) is 18.0. The predicted molar refractivity (Wildman–Crippen MR) is 226 cm³/mol. The number of para-hydroxylation sites is 5. The second-order valence-electron chi connectivity index (χ2n) is 13.0. The van der Waals surface area contributed by atoms with Crippen LogP contribution in [0.25, 0.3) is 21.5 Å². The van der Waals surface area contributed by atoms with E-state index < -0.39 is 0 Å². The average Bonchev–Trinajstić information content (AvgIpc) is 3.24. The molecule has 3 nitrogen and oxygen atoms in total. The lowest BCUT2D eigenvalue weighted by Gasteiger charge is -2.38. The number of hydrogen-bond donors (Lipinski definition) is 0. The topological polar surface area (TPSA) is 9.72 Å². The van der Waals surface area contributed by atoms with E-state index in [0.717, 1.165) is 51.2 Å². The number of rotatable bonds is 9. The molecule has 0 radical (unpaired) electrons.